The third-order valence-electron chi connectivity index (χ3n) is 5.41. The molecule has 2 heterocycles. The van der Waals surface area contributed by atoms with Crippen LogP contribution in [0.3, 0.4) is 0 Å². The monoisotopic (exact) mass is 511 g/mol. The molecule has 1 aromatic carbocycles. The zero-order valence-electron chi connectivity index (χ0n) is 17.9. The van der Waals surface area contributed by atoms with Crippen LogP contribution < -0.4 is 10.6 Å². The number of likely N-dealkylation sites (tertiary alicyclic amines) is 1. The number of nitrogens with zero attached hydrogens (tertiary/aromatic N) is 3. The third-order valence-corrected chi connectivity index (χ3v) is 5.41. The summed E-state index contributed by atoms with van der Waals surface area (Å²) in [5.41, 5.74) is 2.37. The number of nitrogens with one attached hydrogen (secondary N) is 2. The normalized spacial score (nSPS) is 20.4. The molecule has 7 heteroatoms. The van der Waals surface area contributed by atoms with Crippen molar-refractivity contribution in [2.75, 3.05) is 13.6 Å². The molecule has 0 amide bonds. The van der Waals surface area contributed by atoms with Crippen molar-refractivity contribution in [2.45, 2.75) is 64.7 Å². The zero-order chi connectivity index (χ0) is 19.9. The molecule has 1 fully saturated rings. The Morgan fingerprint density at radius 2 is 2.07 bits per heavy atom. The van der Waals surface area contributed by atoms with Crippen LogP contribution >= 0.6 is 24.0 Å². The number of aromatic nitrogens is 1. The van der Waals surface area contributed by atoms with Gasteiger partial charge in [0.25, 0.3) is 0 Å². The van der Waals surface area contributed by atoms with Crippen LogP contribution in [0.5, 0.6) is 0 Å². The van der Waals surface area contributed by atoms with Crippen LogP contribution in [0, 0.1) is 0 Å². The number of hydrogen-bond donors (Lipinski definition) is 2. The van der Waals surface area contributed by atoms with Crippen molar-refractivity contribution in [2.24, 2.45) is 4.99 Å². The first-order valence-corrected chi connectivity index (χ1v) is 10.3. The molecule has 2 N–H and O–H groups in total. The summed E-state index contributed by atoms with van der Waals surface area (Å²) in [5.74, 6) is 2.02. The molecule has 1 aliphatic heterocycles. The topological polar surface area (TPSA) is 65.7 Å². The van der Waals surface area contributed by atoms with Gasteiger partial charge in [-0.3, -0.25) is 9.89 Å². The van der Waals surface area contributed by atoms with Gasteiger partial charge in [0.2, 0.25) is 0 Å². The molecule has 29 heavy (non-hydrogen) atoms. The number of guanidine groups is 1. The lowest BCUT2D eigenvalue weighted by Gasteiger charge is -2.38. The van der Waals surface area contributed by atoms with Gasteiger partial charge in [-0.2, -0.15) is 0 Å². The lowest BCUT2D eigenvalue weighted by Crippen LogP contribution is -2.51. The van der Waals surface area contributed by atoms with E-state index >= 15 is 0 Å². The first-order valence-electron chi connectivity index (χ1n) is 10.3. The van der Waals surface area contributed by atoms with Crippen LogP contribution in [0.4, 0.5) is 0 Å². The minimum Gasteiger partial charge on any atom is -0.359 e. The van der Waals surface area contributed by atoms with Crippen LogP contribution in [-0.4, -0.2) is 41.7 Å². The highest BCUT2D eigenvalue weighted by Crippen LogP contribution is 2.20. The summed E-state index contributed by atoms with van der Waals surface area (Å²) in [7, 11) is 1.81. The van der Waals surface area contributed by atoms with Gasteiger partial charge in [0.05, 0.1) is 12.2 Å². The van der Waals surface area contributed by atoms with E-state index in [0.29, 0.717) is 24.5 Å². The summed E-state index contributed by atoms with van der Waals surface area (Å²) < 4.78 is 5.40. The predicted octanol–water partition coefficient (Wildman–Crippen LogP) is 4.13. The van der Waals surface area contributed by atoms with Crippen molar-refractivity contribution in [1.82, 2.24) is 20.7 Å². The molecule has 6 nitrogen and oxygen atoms in total. The summed E-state index contributed by atoms with van der Waals surface area (Å²) in [6, 6.07) is 13.7. The minimum absolute atomic E-state index is 0. The average molecular weight is 511 g/mol. The molecule has 0 saturated carbocycles. The van der Waals surface area contributed by atoms with Crippen LogP contribution in [0.1, 0.15) is 56.5 Å². The summed E-state index contributed by atoms with van der Waals surface area (Å²) in [4.78, 5) is 6.93. The minimum atomic E-state index is 0. The smallest absolute Gasteiger partial charge is 0.191 e. The Morgan fingerprint density at radius 1 is 1.31 bits per heavy atom. The Kier molecular flexibility index (Phi) is 9.42. The van der Waals surface area contributed by atoms with Gasteiger partial charge in [-0.15, -0.1) is 24.0 Å². The van der Waals surface area contributed by atoms with Crippen molar-refractivity contribution in [3.8, 4) is 0 Å². The van der Waals surface area contributed by atoms with Crippen molar-refractivity contribution in [3.63, 3.8) is 0 Å². The van der Waals surface area contributed by atoms with E-state index in [1.807, 2.05) is 13.1 Å². The van der Waals surface area contributed by atoms with E-state index in [4.69, 9.17) is 4.52 Å². The molecule has 0 aliphatic carbocycles. The van der Waals surface area contributed by atoms with E-state index in [2.05, 4.69) is 76.8 Å². The Balaban J connectivity index is 0.00000300. The lowest BCUT2D eigenvalue weighted by atomic mass is 9.97. The van der Waals surface area contributed by atoms with Gasteiger partial charge in [-0.25, -0.2) is 0 Å². The maximum atomic E-state index is 5.40. The molecule has 160 valence electrons. The highest BCUT2D eigenvalue weighted by molar-refractivity contribution is 14.0. The highest BCUT2D eigenvalue weighted by Gasteiger charge is 2.26. The predicted molar refractivity (Wildman–Crippen MR) is 129 cm³/mol. The number of rotatable bonds is 6. The molecule has 0 radical (unpaired) electrons. The van der Waals surface area contributed by atoms with Gasteiger partial charge in [-0.1, -0.05) is 49.3 Å². The second-order valence-corrected chi connectivity index (χ2v) is 7.97. The molecule has 2 aromatic rings. The molecule has 1 aliphatic rings. The van der Waals surface area contributed by atoms with Crippen LogP contribution in [0.25, 0.3) is 0 Å². The van der Waals surface area contributed by atoms with E-state index in [0.717, 1.165) is 43.3 Å². The summed E-state index contributed by atoms with van der Waals surface area (Å²) in [5, 5.41) is 11.0. The van der Waals surface area contributed by atoms with E-state index < -0.39 is 0 Å². The standard InChI is InChI=1S/C22H33N5O.HI/c1-16(2)21-13-20(28-26-21)14-24-22(23-4)25-19-10-11-27(17(3)12-19)15-18-8-6-5-7-9-18;/h5-9,13,16-17,19H,10-12,14-15H2,1-4H3,(H2,23,24,25);1H. The Bertz CT molecular complexity index is 762. The molecular formula is C22H34IN5O. The van der Waals surface area contributed by atoms with Gasteiger partial charge in [0.1, 0.15) is 0 Å². The van der Waals surface area contributed by atoms with Crippen molar-refractivity contribution in [1.29, 1.82) is 0 Å². The first-order chi connectivity index (χ1) is 13.5. The molecule has 3 rings (SSSR count). The van der Waals surface area contributed by atoms with Crippen LogP contribution in [0.2, 0.25) is 0 Å². The number of hydrogen-bond acceptors (Lipinski definition) is 4. The molecule has 0 spiro atoms. The van der Waals surface area contributed by atoms with Crippen LogP contribution in [-0.2, 0) is 13.1 Å². The Labute approximate surface area is 191 Å². The second kappa shape index (κ2) is 11.5. The fourth-order valence-corrected chi connectivity index (χ4v) is 3.65. The number of piperidine rings is 1. The summed E-state index contributed by atoms with van der Waals surface area (Å²) in [6.45, 7) is 9.23. The highest BCUT2D eigenvalue weighted by atomic mass is 127. The van der Waals surface area contributed by atoms with E-state index in [-0.39, 0.29) is 24.0 Å². The van der Waals surface area contributed by atoms with Crippen LogP contribution in [0.15, 0.2) is 45.9 Å². The third kappa shape index (κ3) is 6.99. The number of benzene rings is 1. The quantitative estimate of drug-likeness (QED) is 0.347. The maximum absolute atomic E-state index is 5.40. The van der Waals surface area contributed by atoms with Crippen molar-refractivity contribution in [3.05, 3.63) is 53.4 Å². The largest absolute Gasteiger partial charge is 0.359 e. The molecule has 2 atom stereocenters. The van der Waals surface area contributed by atoms with E-state index in [1.54, 1.807) is 0 Å². The molecule has 1 aromatic heterocycles. The molecule has 1 saturated heterocycles. The fourth-order valence-electron chi connectivity index (χ4n) is 3.65. The molecule has 2 unspecified atom stereocenters. The van der Waals surface area contributed by atoms with Gasteiger partial charge >= 0.3 is 0 Å². The average Bonchev–Trinajstić information content (AvgIpc) is 3.17. The van der Waals surface area contributed by atoms with Gasteiger partial charge < -0.3 is 15.2 Å². The van der Waals surface area contributed by atoms with Gasteiger partial charge in [0, 0.05) is 38.3 Å². The SMILES string of the molecule is CN=C(NCc1cc(C(C)C)no1)NC1CCN(Cc2ccccc2)C(C)C1.I. The number of aliphatic imine (C=N–C) groups is 1. The Hall–Kier alpha value is -1.61. The molecular weight excluding hydrogens is 477 g/mol. The van der Waals surface area contributed by atoms with Crippen molar-refractivity contribution >= 4 is 29.9 Å². The lowest BCUT2D eigenvalue weighted by molar-refractivity contribution is 0.134. The summed E-state index contributed by atoms with van der Waals surface area (Å²) in [6.07, 6.45) is 2.21. The second-order valence-electron chi connectivity index (χ2n) is 7.97. The van der Waals surface area contributed by atoms with Gasteiger partial charge in [0.15, 0.2) is 11.7 Å². The molecule has 0 bridgehead atoms. The van der Waals surface area contributed by atoms with Gasteiger partial charge in [-0.05, 0) is 31.2 Å². The zero-order valence-corrected chi connectivity index (χ0v) is 20.2. The first kappa shape index (κ1) is 23.7. The maximum Gasteiger partial charge on any atom is 0.191 e. The number of halogens is 1. The van der Waals surface area contributed by atoms with Crippen molar-refractivity contribution < 1.29 is 4.52 Å². The fraction of sp³-hybridized carbons (Fsp3) is 0.545. The van der Waals surface area contributed by atoms with E-state index in [9.17, 15) is 0 Å². The summed E-state index contributed by atoms with van der Waals surface area (Å²) >= 11 is 0. The van der Waals surface area contributed by atoms with E-state index in [1.165, 1.54) is 5.56 Å². The Morgan fingerprint density at radius 3 is 2.69 bits per heavy atom.